The van der Waals surface area contributed by atoms with E-state index in [2.05, 4.69) is 6.58 Å². The van der Waals surface area contributed by atoms with Crippen molar-refractivity contribution in [1.82, 2.24) is 9.80 Å². The van der Waals surface area contributed by atoms with Gasteiger partial charge in [0.05, 0.1) is 19.5 Å². The van der Waals surface area contributed by atoms with Crippen LogP contribution in [0.25, 0.3) is 0 Å². The van der Waals surface area contributed by atoms with E-state index in [0.717, 1.165) is 5.57 Å². The topological polar surface area (TPSA) is 68.3 Å². The molecule has 0 aromatic heterocycles. The fourth-order valence-electron chi connectivity index (χ4n) is 1.98. The molecule has 1 saturated heterocycles. The zero-order valence-electron chi connectivity index (χ0n) is 12.3. The van der Waals surface area contributed by atoms with E-state index < -0.39 is 6.10 Å². The van der Waals surface area contributed by atoms with E-state index >= 15 is 0 Å². The number of carbonyl (C=O) groups excluding carboxylic acids is 2. The van der Waals surface area contributed by atoms with Crippen LogP contribution in [0.4, 0.5) is 4.79 Å². The molecular weight excluding hydrogens is 264 g/mol. The van der Waals surface area contributed by atoms with E-state index in [0.29, 0.717) is 13.1 Å². The fourth-order valence-corrected chi connectivity index (χ4v) is 1.98. The summed E-state index contributed by atoms with van der Waals surface area (Å²) >= 11 is 0. The van der Waals surface area contributed by atoms with Crippen LogP contribution >= 0.6 is 0 Å². The molecule has 0 aliphatic carbocycles. The molecule has 2 amide bonds. The van der Waals surface area contributed by atoms with E-state index in [9.17, 15) is 9.59 Å². The summed E-state index contributed by atoms with van der Waals surface area (Å²) in [5.74, 6) is -0.341. The van der Waals surface area contributed by atoms with Gasteiger partial charge in [-0.1, -0.05) is 12.2 Å². The van der Waals surface area contributed by atoms with Crippen molar-refractivity contribution in [2.45, 2.75) is 19.4 Å². The van der Waals surface area contributed by atoms with Crippen LogP contribution in [0.2, 0.25) is 0 Å². The lowest BCUT2D eigenvalue weighted by atomic mass is 10.2. The van der Waals surface area contributed by atoms with Gasteiger partial charge in [-0.3, -0.25) is 14.6 Å². The second-order valence-electron chi connectivity index (χ2n) is 4.81. The van der Waals surface area contributed by atoms with Gasteiger partial charge in [-0.25, -0.2) is 4.79 Å². The average molecular weight is 286 g/mol. The van der Waals surface area contributed by atoms with Gasteiger partial charge in [-0.05, 0) is 6.92 Å². The summed E-state index contributed by atoms with van der Waals surface area (Å²) in [5, 5.41) is 0. The van der Waals surface area contributed by atoms with Crippen molar-refractivity contribution >= 4 is 12.0 Å². The zero-order chi connectivity index (χ0) is 15.1. The Labute approximate surface area is 119 Å². The van der Waals surface area contributed by atoms with Gasteiger partial charge in [0.1, 0.15) is 19.6 Å². The quantitative estimate of drug-likeness (QED) is 0.512. The smallest absolute Gasteiger partial charge is 0.323 e. The van der Waals surface area contributed by atoms with Crippen molar-refractivity contribution in [2.75, 3.05) is 40.8 Å². The Morgan fingerprint density at radius 2 is 1.75 bits per heavy atom. The Balaban J connectivity index is 2.64. The van der Waals surface area contributed by atoms with Crippen LogP contribution < -0.4 is 0 Å². The molecule has 0 saturated carbocycles. The van der Waals surface area contributed by atoms with Crippen molar-refractivity contribution < 1.29 is 23.8 Å². The summed E-state index contributed by atoms with van der Waals surface area (Å²) in [6, 6.07) is -0.194. The van der Waals surface area contributed by atoms with Gasteiger partial charge >= 0.3 is 12.0 Å². The molecule has 114 valence electrons. The molecule has 7 nitrogen and oxygen atoms in total. The number of esters is 1. The Morgan fingerprint density at radius 1 is 1.25 bits per heavy atom. The minimum atomic E-state index is -0.398. The summed E-state index contributed by atoms with van der Waals surface area (Å²) in [6.45, 7) is 6.36. The summed E-state index contributed by atoms with van der Waals surface area (Å²) < 4.78 is 15.3. The Hall–Kier alpha value is -1.60. The molecule has 7 heteroatoms. The highest BCUT2D eigenvalue weighted by molar-refractivity contribution is 5.76. The molecule has 1 rings (SSSR count). The van der Waals surface area contributed by atoms with Crippen molar-refractivity contribution in [2.24, 2.45) is 0 Å². The normalized spacial score (nSPS) is 16.4. The lowest BCUT2D eigenvalue weighted by Crippen LogP contribution is -2.57. The molecule has 1 aliphatic rings. The second-order valence-corrected chi connectivity index (χ2v) is 4.81. The van der Waals surface area contributed by atoms with Gasteiger partial charge in [-0.2, -0.15) is 0 Å². The summed E-state index contributed by atoms with van der Waals surface area (Å²) in [4.78, 5) is 26.7. The van der Waals surface area contributed by atoms with E-state index in [1.165, 1.54) is 24.0 Å². The minimum Gasteiger partial charge on any atom is -0.458 e. The lowest BCUT2D eigenvalue weighted by Gasteiger charge is -2.38. The molecule has 0 aromatic carbocycles. The molecule has 0 atom stereocenters. The van der Waals surface area contributed by atoms with Gasteiger partial charge < -0.3 is 14.2 Å². The Morgan fingerprint density at radius 3 is 2.15 bits per heavy atom. The first-order valence-electron chi connectivity index (χ1n) is 6.33. The van der Waals surface area contributed by atoms with Crippen LogP contribution in [-0.2, 0) is 19.0 Å². The third-order valence-corrected chi connectivity index (χ3v) is 2.70. The first-order valence-corrected chi connectivity index (χ1v) is 6.33. The van der Waals surface area contributed by atoms with E-state index in [4.69, 9.17) is 14.2 Å². The number of hydrogen-bond donors (Lipinski definition) is 0. The standard InChI is InChI=1S/C13H22N2O5/c1-10(2)5-12(16)20-11-6-14(8-18-3)13(17)15(7-11)9-19-4/h11H,1,5-9H2,2-4H3. The molecule has 0 spiro atoms. The number of nitrogens with zero attached hydrogens (tertiary/aromatic N) is 2. The van der Waals surface area contributed by atoms with Gasteiger partial charge in [0.15, 0.2) is 0 Å². The van der Waals surface area contributed by atoms with Crippen LogP contribution in [0.1, 0.15) is 13.3 Å². The van der Waals surface area contributed by atoms with E-state index in [1.54, 1.807) is 6.92 Å². The highest BCUT2D eigenvalue weighted by atomic mass is 16.5. The molecule has 0 unspecified atom stereocenters. The largest absolute Gasteiger partial charge is 0.458 e. The van der Waals surface area contributed by atoms with Crippen LogP contribution in [0.5, 0.6) is 0 Å². The molecule has 1 aliphatic heterocycles. The van der Waals surface area contributed by atoms with Gasteiger partial charge in [0, 0.05) is 14.2 Å². The molecule has 0 aromatic rings. The molecule has 0 N–H and O–H groups in total. The van der Waals surface area contributed by atoms with Crippen LogP contribution in [0.15, 0.2) is 12.2 Å². The average Bonchev–Trinajstić information content (AvgIpc) is 2.34. The maximum absolute atomic E-state index is 12.1. The summed E-state index contributed by atoms with van der Waals surface area (Å²) in [6.07, 6.45) is -0.219. The molecule has 0 radical (unpaired) electrons. The van der Waals surface area contributed by atoms with Crippen LogP contribution in [0.3, 0.4) is 0 Å². The van der Waals surface area contributed by atoms with E-state index in [-0.39, 0.29) is 31.9 Å². The monoisotopic (exact) mass is 286 g/mol. The first kappa shape index (κ1) is 16.5. The SMILES string of the molecule is C=C(C)CC(=O)OC1CN(COC)C(=O)N(COC)C1. The zero-order valence-corrected chi connectivity index (χ0v) is 12.3. The number of urea groups is 1. The maximum Gasteiger partial charge on any atom is 0.323 e. The van der Waals surface area contributed by atoms with Gasteiger partial charge in [-0.15, -0.1) is 0 Å². The molecule has 0 bridgehead atoms. The van der Waals surface area contributed by atoms with Crippen LogP contribution in [-0.4, -0.2) is 68.7 Å². The predicted molar refractivity (Wildman–Crippen MR) is 71.9 cm³/mol. The number of carbonyl (C=O) groups is 2. The molecule has 1 fully saturated rings. The van der Waals surface area contributed by atoms with Crippen molar-refractivity contribution in [3.63, 3.8) is 0 Å². The third kappa shape index (κ3) is 4.82. The lowest BCUT2D eigenvalue weighted by molar-refractivity contribution is -0.152. The number of methoxy groups -OCH3 is 2. The molecular formula is C13H22N2O5. The fraction of sp³-hybridized carbons (Fsp3) is 0.692. The van der Waals surface area contributed by atoms with E-state index in [1.807, 2.05) is 0 Å². The highest BCUT2D eigenvalue weighted by Crippen LogP contribution is 2.13. The highest BCUT2D eigenvalue weighted by Gasteiger charge is 2.33. The second kappa shape index (κ2) is 7.86. The van der Waals surface area contributed by atoms with Gasteiger partial charge in [0.2, 0.25) is 0 Å². The Kier molecular flexibility index (Phi) is 6.47. The number of amides is 2. The van der Waals surface area contributed by atoms with Crippen molar-refractivity contribution in [3.8, 4) is 0 Å². The predicted octanol–water partition coefficient (Wildman–Crippen LogP) is 0.810. The molecule has 1 heterocycles. The summed E-state index contributed by atoms with van der Waals surface area (Å²) in [7, 11) is 3.01. The summed E-state index contributed by atoms with van der Waals surface area (Å²) in [5.41, 5.74) is 0.740. The maximum atomic E-state index is 12.1. The first-order chi connectivity index (χ1) is 9.47. The number of ether oxygens (including phenoxy) is 3. The number of hydrogen-bond acceptors (Lipinski definition) is 5. The van der Waals surface area contributed by atoms with Crippen LogP contribution in [0, 0.1) is 0 Å². The third-order valence-electron chi connectivity index (χ3n) is 2.70. The van der Waals surface area contributed by atoms with Gasteiger partial charge in [0.25, 0.3) is 0 Å². The Bertz CT molecular complexity index is 354. The number of rotatable bonds is 7. The van der Waals surface area contributed by atoms with Crippen molar-refractivity contribution in [1.29, 1.82) is 0 Å². The minimum absolute atomic E-state index is 0.146. The molecule has 20 heavy (non-hydrogen) atoms. The van der Waals surface area contributed by atoms with Crippen molar-refractivity contribution in [3.05, 3.63) is 12.2 Å².